The molecule has 4 amide bonds. The van der Waals surface area contributed by atoms with Gasteiger partial charge in [0.1, 0.15) is 6.54 Å². The van der Waals surface area contributed by atoms with Crippen LogP contribution in [0.15, 0.2) is 0 Å². The normalized spacial score (nSPS) is 16.3. The van der Waals surface area contributed by atoms with Crippen molar-refractivity contribution in [2.45, 2.75) is 26.2 Å². The van der Waals surface area contributed by atoms with E-state index >= 15 is 0 Å². The molecule has 0 aromatic rings. The van der Waals surface area contributed by atoms with Crippen LogP contribution in [0.2, 0.25) is 0 Å². The number of hydrogen-bond donors (Lipinski definition) is 2. The zero-order chi connectivity index (χ0) is 16.0. The van der Waals surface area contributed by atoms with E-state index in [0.717, 1.165) is 4.90 Å². The lowest BCUT2D eigenvalue weighted by Crippen LogP contribution is -2.34. The number of carboxylic acids is 1. The highest BCUT2D eigenvalue weighted by molar-refractivity contribution is 6.01. The van der Waals surface area contributed by atoms with Crippen LogP contribution in [0.4, 0.5) is 4.79 Å². The van der Waals surface area contributed by atoms with E-state index in [0.29, 0.717) is 13.0 Å². The van der Waals surface area contributed by atoms with Crippen molar-refractivity contribution in [3.05, 3.63) is 0 Å². The van der Waals surface area contributed by atoms with Crippen molar-refractivity contribution < 1.29 is 24.3 Å². The Hall–Kier alpha value is -2.12. The zero-order valence-corrected chi connectivity index (χ0v) is 12.3. The topological polar surface area (TPSA) is 107 Å². The average molecular weight is 299 g/mol. The summed E-state index contributed by atoms with van der Waals surface area (Å²) in [6, 6.07) is -0.338. The van der Waals surface area contributed by atoms with E-state index in [4.69, 9.17) is 5.11 Å². The Bertz CT molecular complexity index is 438. The van der Waals surface area contributed by atoms with E-state index in [2.05, 4.69) is 5.32 Å². The number of hydrogen-bond acceptors (Lipinski definition) is 4. The number of carbonyl (C=O) groups is 4. The summed E-state index contributed by atoms with van der Waals surface area (Å²) in [6.45, 7) is 2.35. The molecule has 8 heteroatoms. The van der Waals surface area contributed by atoms with Crippen LogP contribution in [0.1, 0.15) is 26.2 Å². The SMILES string of the molecule is CC(CNC(=O)CCCN1C(=O)CN(C)C1=O)CC(=O)O. The monoisotopic (exact) mass is 299 g/mol. The third-order valence-electron chi connectivity index (χ3n) is 3.19. The summed E-state index contributed by atoms with van der Waals surface area (Å²) in [6.07, 6.45) is 0.592. The second-order valence-electron chi connectivity index (χ2n) is 5.29. The van der Waals surface area contributed by atoms with Crippen molar-refractivity contribution in [2.75, 3.05) is 26.7 Å². The van der Waals surface area contributed by atoms with Crippen LogP contribution >= 0.6 is 0 Å². The van der Waals surface area contributed by atoms with Gasteiger partial charge in [-0.05, 0) is 12.3 Å². The second-order valence-corrected chi connectivity index (χ2v) is 5.29. The predicted molar refractivity (Wildman–Crippen MR) is 73.4 cm³/mol. The minimum Gasteiger partial charge on any atom is -0.481 e. The molecule has 0 aliphatic carbocycles. The number of urea groups is 1. The maximum atomic E-state index is 11.6. The lowest BCUT2D eigenvalue weighted by atomic mass is 10.1. The fraction of sp³-hybridized carbons (Fsp3) is 0.692. The van der Waals surface area contributed by atoms with E-state index < -0.39 is 5.97 Å². The quantitative estimate of drug-likeness (QED) is 0.608. The smallest absolute Gasteiger partial charge is 0.326 e. The molecule has 1 aliphatic heterocycles. The van der Waals surface area contributed by atoms with E-state index in [9.17, 15) is 19.2 Å². The van der Waals surface area contributed by atoms with Crippen molar-refractivity contribution in [1.29, 1.82) is 0 Å². The first kappa shape index (κ1) is 16.9. The van der Waals surface area contributed by atoms with Gasteiger partial charge in [0.2, 0.25) is 11.8 Å². The molecule has 0 spiro atoms. The van der Waals surface area contributed by atoms with Crippen LogP contribution < -0.4 is 5.32 Å². The summed E-state index contributed by atoms with van der Waals surface area (Å²) in [5.41, 5.74) is 0. The molecule has 1 aliphatic rings. The minimum absolute atomic E-state index is 0.00337. The number of carbonyl (C=O) groups excluding carboxylic acids is 3. The van der Waals surface area contributed by atoms with Gasteiger partial charge >= 0.3 is 12.0 Å². The fourth-order valence-electron chi connectivity index (χ4n) is 2.03. The standard InChI is InChI=1S/C13H21N3O5/c1-9(6-12(19)20)7-14-10(17)4-3-5-16-11(18)8-15(2)13(16)21/h9H,3-8H2,1-2H3,(H,14,17)(H,19,20). The third-order valence-corrected chi connectivity index (χ3v) is 3.19. The second kappa shape index (κ2) is 7.61. The molecule has 1 atom stereocenters. The summed E-state index contributed by atoms with van der Waals surface area (Å²) < 4.78 is 0. The molecule has 0 radical (unpaired) electrons. The molecular formula is C13H21N3O5. The minimum atomic E-state index is -0.896. The van der Waals surface area contributed by atoms with E-state index in [1.54, 1.807) is 14.0 Å². The number of likely N-dealkylation sites (N-methyl/N-ethyl adjacent to an activating group) is 1. The molecule has 0 aromatic heterocycles. The number of amides is 4. The van der Waals surface area contributed by atoms with Gasteiger partial charge in [0.25, 0.3) is 0 Å². The maximum Gasteiger partial charge on any atom is 0.326 e. The van der Waals surface area contributed by atoms with Gasteiger partial charge < -0.3 is 15.3 Å². The van der Waals surface area contributed by atoms with Crippen LogP contribution in [0.25, 0.3) is 0 Å². The summed E-state index contributed by atoms with van der Waals surface area (Å²) in [4.78, 5) is 47.6. The van der Waals surface area contributed by atoms with Crippen molar-refractivity contribution in [1.82, 2.24) is 15.1 Å². The Labute approximate surface area is 123 Å². The van der Waals surface area contributed by atoms with Crippen molar-refractivity contribution in [3.8, 4) is 0 Å². The Kier molecular flexibility index (Phi) is 6.13. The van der Waals surface area contributed by atoms with Crippen molar-refractivity contribution in [2.24, 2.45) is 5.92 Å². The first-order valence-corrected chi connectivity index (χ1v) is 6.85. The fourth-order valence-corrected chi connectivity index (χ4v) is 2.03. The summed E-state index contributed by atoms with van der Waals surface area (Å²) in [5.74, 6) is -1.49. The van der Waals surface area contributed by atoms with Gasteiger partial charge in [-0.2, -0.15) is 0 Å². The first-order chi connectivity index (χ1) is 9.81. The molecule has 1 fully saturated rings. The third kappa shape index (κ3) is 5.41. The van der Waals surface area contributed by atoms with Crippen LogP contribution in [0.3, 0.4) is 0 Å². The molecule has 1 unspecified atom stereocenters. The van der Waals surface area contributed by atoms with Gasteiger partial charge in [0.15, 0.2) is 0 Å². The first-order valence-electron chi connectivity index (χ1n) is 6.85. The molecule has 1 heterocycles. The molecule has 0 saturated carbocycles. The highest BCUT2D eigenvalue weighted by atomic mass is 16.4. The number of imide groups is 1. The highest BCUT2D eigenvalue weighted by Crippen LogP contribution is 2.09. The molecule has 8 nitrogen and oxygen atoms in total. The summed E-state index contributed by atoms with van der Waals surface area (Å²) in [5, 5.41) is 11.2. The van der Waals surface area contributed by atoms with Gasteiger partial charge in [0, 0.05) is 33.0 Å². The highest BCUT2D eigenvalue weighted by Gasteiger charge is 2.32. The van der Waals surface area contributed by atoms with Gasteiger partial charge in [-0.25, -0.2) is 4.79 Å². The summed E-state index contributed by atoms with van der Waals surface area (Å²) >= 11 is 0. The molecule has 2 N–H and O–H groups in total. The van der Waals surface area contributed by atoms with E-state index in [-0.39, 0.29) is 49.7 Å². The molecule has 1 rings (SSSR count). The Morgan fingerprint density at radius 2 is 2.05 bits per heavy atom. The van der Waals surface area contributed by atoms with Crippen LogP contribution in [-0.2, 0) is 14.4 Å². The van der Waals surface area contributed by atoms with Crippen LogP contribution in [0.5, 0.6) is 0 Å². The molecule has 118 valence electrons. The molecule has 0 aromatic carbocycles. The molecule has 0 bridgehead atoms. The van der Waals surface area contributed by atoms with Crippen LogP contribution in [0, 0.1) is 5.92 Å². The largest absolute Gasteiger partial charge is 0.481 e. The number of nitrogens with zero attached hydrogens (tertiary/aromatic N) is 2. The lowest BCUT2D eigenvalue weighted by molar-refractivity contribution is -0.138. The van der Waals surface area contributed by atoms with Crippen molar-refractivity contribution >= 4 is 23.8 Å². The average Bonchev–Trinajstić information content (AvgIpc) is 2.62. The molecule has 1 saturated heterocycles. The Morgan fingerprint density at radius 1 is 1.38 bits per heavy atom. The van der Waals surface area contributed by atoms with E-state index in [1.807, 2.05) is 0 Å². The maximum absolute atomic E-state index is 11.6. The molecule has 21 heavy (non-hydrogen) atoms. The summed E-state index contributed by atoms with van der Waals surface area (Å²) in [7, 11) is 1.55. The number of aliphatic carboxylic acids is 1. The van der Waals surface area contributed by atoms with Crippen molar-refractivity contribution in [3.63, 3.8) is 0 Å². The van der Waals surface area contributed by atoms with Gasteiger partial charge in [-0.1, -0.05) is 6.92 Å². The molecular weight excluding hydrogens is 278 g/mol. The predicted octanol–water partition coefficient (Wildman–Crippen LogP) is -0.112. The van der Waals surface area contributed by atoms with Gasteiger partial charge in [0.05, 0.1) is 0 Å². The zero-order valence-electron chi connectivity index (χ0n) is 12.3. The lowest BCUT2D eigenvalue weighted by Gasteiger charge is -2.14. The van der Waals surface area contributed by atoms with Gasteiger partial charge in [-0.15, -0.1) is 0 Å². The number of nitrogens with one attached hydrogen (secondary N) is 1. The van der Waals surface area contributed by atoms with E-state index in [1.165, 1.54) is 4.90 Å². The van der Waals surface area contributed by atoms with Gasteiger partial charge in [-0.3, -0.25) is 19.3 Å². The van der Waals surface area contributed by atoms with Crippen LogP contribution in [-0.4, -0.2) is 65.4 Å². The number of rotatable bonds is 8. The Morgan fingerprint density at radius 3 is 2.57 bits per heavy atom. The Balaban J connectivity index is 2.20. The number of carboxylic acid groups (broad SMARTS) is 1.